The van der Waals surface area contributed by atoms with Crippen molar-refractivity contribution in [3.8, 4) is 6.07 Å². The van der Waals surface area contributed by atoms with Gasteiger partial charge in [0.15, 0.2) is 0 Å². The summed E-state index contributed by atoms with van der Waals surface area (Å²) >= 11 is 0. The first-order valence-corrected chi connectivity index (χ1v) is 6.77. The second kappa shape index (κ2) is 6.05. The van der Waals surface area contributed by atoms with Gasteiger partial charge >= 0.3 is 0 Å². The molecule has 0 heterocycles. The van der Waals surface area contributed by atoms with E-state index < -0.39 is 6.10 Å². The first-order valence-electron chi connectivity index (χ1n) is 6.77. The molecule has 0 aromatic heterocycles. The number of nitrogens with zero attached hydrogens (tertiary/aromatic N) is 2. The normalized spacial score (nSPS) is 16.5. The average Bonchev–Trinajstić information content (AvgIpc) is 2.35. The smallest absolute Gasteiger partial charge is 0.0992 e. The van der Waals surface area contributed by atoms with Crippen molar-refractivity contribution in [2.75, 3.05) is 18.1 Å². The quantitative estimate of drug-likeness (QED) is 0.849. The van der Waals surface area contributed by atoms with Crippen LogP contribution in [-0.2, 0) is 0 Å². The van der Waals surface area contributed by atoms with E-state index >= 15 is 0 Å². The first-order chi connectivity index (χ1) is 9.17. The molecule has 1 saturated carbocycles. The fourth-order valence-corrected chi connectivity index (χ4v) is 2.52. The van der Waals surface area contributed by atoms with Gasteiger partial charge in [0.05, 0.1) is 24.3 Å². The monoisotopic (exact) mass is 260 g/mol. The van der Waals surface area contributed by atoms with Crippen LogP contribution < -0.4 is 4.90 Å². The van der Waals surface area contributed by atoms with E-state index in [-0.39, 0.29) is 6.61 Å². The van der Waals surface area contributed by atoms with E-state index in [9.17, 15) is 10.2 Å². The largest absolute Gasteiger partial charge is 0.395 e. The molecule has 4 nitrogen and oxygen atoms in total. The van der Waals surface area contributed by atoms with Gasteiger partial charge in [-0.25, -0.2) is 0 Å². The highest BCUT2D eigenvalue weighted by molar-refractivity contribution is 5.59. The van der Waals surface area contributed by atoms with Crippen molar-refractivity contribution in [3.05, 3.63) is 29.3 Å². The van der Waals surface area contributed by atoms with E-state index in [2.05, 4.69) is 11.0 Å². The number of aliphatic hydroxyl groups is 2. The summed E-state index contributed by atoms with van der Waals surface area (Å²) in [4.78, 5) is 2.13. The summed E-state index contributed by atoms with van der Waals surface area (Å²) in [6.45, 7) is 2.34. The Kier molecular flexibility index (Phi) is 4.41. The van der Waals surface area contributed by atoms with Gasteiger partial charge in [0.25, 0.3) is 0 Å². The third-order valence-electron chi connectivity index (χ3n) is 3.78. The summed E-state index contributed by atoms with van der Waals surface area (Å²) in [5.74, 6) is 0. The number of benzene rings is 1. The zero-order chi connectivity index (χ0) is 13.8. The number of anilines is 1. The summed E-state index contributed by atoms with van der Waals surface area (Å²) in [6.07, 6.45) is 2.84. The summed E-state index contributed by atoms with van der Waals surface area (Å²) in [5.41, 5.74) is 2.29. The zero-order valence-electron chi connectivity index (χ0n) is 11.2. The minimum atomic E-state index is -0.580. The van der Waals surface area contributed by atoms with Crippen LogP contribution in [-0.4, -0.2) is 29.4 Å². The van der Waals surface area contributed by atoms with Crippen molar-refractivity contribution in [2.24, 2.45) is 0 Å². The Labute approximate surface area is 113 Å². The molecule has 1 atom stereocenters. The van der Waals surface area contributed by atoms with E-state index in [4.69, 9.17) is 5.26 Å². The van der Waals surface area contributed by atoms with Gasteiger partial charge in [0, 0.05) is 23.8 Å². The van der Waals surface area contributed by atoms with Crippen molar-refractivity contribution < 1.29 is 10.2 Å². The van der Waals surface area contributed by atoms with Gasteiger partial charge in [-0.15, -0.1) is 0 Å². The lowest BCUT2D eigenvalue weighted by Gasteiger charge is -2.40. The highest BCUT2D eigenvalue weighted by Gasteiger charge is 2.27. The maximum absolute atomic E-state index is 9.89. The minimum Gasteiger partial charge on any atom is -0.395 e. The second-order valence-electron chi connectivity index (χ2n) is 5.06. The lowest BCUT2D eigenvalue weighted by Crippen LogP contribution is -2.42. The van der Waals surface area contributed by atoms with Gasteiger partial charge in [-0.05, 0) is 38.3 Å². The Balaban J connectivity index is 2.40. The van der Waals surface area contributed by atoms with Crippen molar-refractivity contribution in [1.29, 1.82) is 5.26 Å². The average molecular weight is 260 g/mol. The molecule has 0 radical (unpaired) electrons. The molecule has 1 aromatic carbocycles. The molecule has 0 amide bonds. The molecule has 0 saturated heterocycles. The van der Waals surface area contributed by atoms with Crippen molar-refractivity contribution in [3.63, 3.8) is 0 Å². The lowest BCUT2D eigenvalue weighted by atomic mass is 9.90. The Hall–Kier alpha value is -1.57. The second-order valence-corrected chi connectivity index (χ2v) is 5.06. The number of aliphatic hydroxyl groups excluding tert-OH is 2. The van der Waals surface area contributed by atoms with Gasteiger partial charge in [-0.3, -0.25) is 0 Å². The van der Waals surface area contributed by atoms with Crippen molar-refractivity contribution in [2.45, 2.75) is 38.3 Å². The van der Waals surface area contributed by atoms with E-state index in [1.807, 2.05) is 12.1 Å². The first kappa shape index (κ1) is 13.9. The number of rotatable bonds is 5. The molecule has 0 spiro atoms. The Bertz CT molecular complexity index is 476. The molecular formula is C15H20N2O2. The summed E-state index contributed by atoms with van der Waals surface area (Å²) in [5, 5.41) is 28.2. The van der Waals surface area contributed by atoms with Crippen LogP contribution in [0.25, 0.3) is 0 Å². The van der Waals surface area contributed by atoms with E-state index in [1.165, 1.54) is 6.42 Å². The van der Waals surface area contributed by atoms with Crippen LogP contribution in [0, 0.1) is 11.3 Å². The standard InChI is InChI=1S/C15H20N2O2/c1-11(19)14-6-5-12(10-16)9-15(14)17(7-8-18)13-3-2-4-13/h5-6,9,11,13,18-19H,2-4,7-8H2,1H3/t11-/m1/s1. The van der Waals surface area contributed by atoms with Crippen LogP contribution in [0.4, 0.5) is 5.69 Å². The van der Waals surface area contributed by atoms with Gasteiger partial charge in [0.1, 0.15) is 0 Å². The van der Waals surface area contributed by atoms with Gasteiger partial charge < -0.3 is 15.1 Å². The third kappa shape index (κ3) is 2.89. The van der Waals surface area contributed by atoms with Gasteiger partial charge in [-0.1, -0.05) is 6.07 Å². The molecule has 0 bridgehead atoms. The fraction of sp³-hybridized carbons (Fsp3) is 0.533. The van der Waals surface area contributed by atoms with E-state index in [0.29, 0.717) is 18.2 Å². The van der Waals surface area contributed by atoms with E-state index in [1.54, 1.807) is 13.0 Å². The number of hydrogen-bond donors (Lipinski definition) is 2. The topological polar surface area (TPSA) is 67.5 Å². The lowest BCUT2D eigenvalue weighted by molar-refractivity contribution is 0.198. The zero-order valence-corrected chi connectivity index (χ0v) is 11.2. The predicted molar refractivity (Wildman–Crippen MR) is 73.9 cm³/mol. The number of hydrogen-bond acceptors (Lipinski definition) is 4. The minimum absolute atomic E-state index is 0.0759. The summed E-state index contributed by atoms with van der Waals surface area (Å²) < 4.78 is 0. The molecule has 19 heavy (non-hydrogen) atoms. The summed E-state index contributed by atoms with van der Waals surface area (Å²) in [7, 11) is 0. The molecule has 1 aliphatic carbocycles. The maximum Gasteiger partial charge on any atom is 0.0992 e. The molecule has 2 N–H and O–H groups in total. The van der Waals surface area contributed by atoms with E-state index in [0.717, 1.165) is 24.1 Å². The van der Waals surface area contributed by atoms with Crippen LogP contribution in [0.3, 0.4) is 0 Å². The highest BCUT2D eigenvalue weighted by Crippen LogP contribution is 2.34. The highest BCUT2D eigenvalue weighted by atomic mass is 16.3. The Morgan fingerprint density at radius 1 is 1.47 bits per heavy atom. The molecule has 1 aromatic rings. The molecular weight excluding hydrogens is 240 g/mol. The van der Waals surface area contributed by atoms with Crippen LogP contribution >= 0.6 is 0 Å². The van der Waals surface area contributed by atoms with Crippen molar-refractivity contribution >= 4 is 5.69 Å². The predicted octanol–water partition coefficient (Wildman–Crippen LogP) is 1.96. The third-order valence-corrected chi connectivity index (χ3v) is 3.78. The molecule has 1 fully saturated rings. The molecule has 0 aliphatic heterocycles. The molecule has 1 aliphatic rings. The maximum atomic E-state index is 9.89. The van der Waals surface area contributed by atoms with Gasteiger partial charge in [0.2, 0.25) is 0 Å². The van der Waals surface area contributed by atoms with Crippen LogP contribution in [0.5, 0.6) is 0 Å². The molecule has 102 valence electrons. The van der Waals surface area contributed by atoms with Crippen LogP contribution in [0.1, 0.15) is 43.4 Å². The summed E-state index contributed by atoms with van der Waals surface area (Å²) in [6, 6.07) is 7.90. The molecule has 2 rings (SSSR count). The molecule has 4 heteroatoms. The number of nitriles is 1. The van der Waals surface area contributed by atoms with Gasteiger partial charge in [-0.2, -0.15) is 5.26 Å². The Morgan fingerprint density at radius 2 is 2.21 bits per heavy atom. The SMILES string of the molecule is C[C@@H](O)c1ccc(C#N)cc1N(CCO)C1CCC1. The fourth-order valence-electron chi connectivity index (χ4n) is 2.52. The van der Waals surface area contributed by atoms with Crippen LogP contribution in [0.2, 0.25) is 0 Å². The Morgan fingerprint density at radius 3 is 2.68 bits per heavy atom. The van der Waals surface area contributed by atoms with Crippen LogP contribution in [0.15, 0.2) is 18.2 Å². The molecule has 0 unspecified atom stereocenters. The van der Waals surface area contributed by atoms with Crippen molar-refractivity contribution in [1.82, 2.24) is 0 Å².